The van der Waals surface area contributed by atoms with Crippen molar-refractivity contribution in [1.29, 1.82) is 0 Å². The van der Waals surface area contributed by atoms with Crippen molar-refractivity contribution in [3.63, 3.8) is 0 Å². The molecular weight excluding hydrogens is 280 g/mol. The monoisotopic (exact) mass is 306 g/mol. The van der Waals surface area contributed by atoms with Crippen LogP contribution in [0.5, 0.6) is 0 Å². The van der Waals surface area contributed by atoms with Gasteiger partial charge in [0.2, 0.25) is 0 Å². The Hall–Kier alpha value is -1.18. The number of esters is 2. The summed E-state index contributed by atoms with van der Waals surface area (Å²) < 4.78 is 14.8. The minimum absolute atomic E-state index is 0.0489. The standard InChI is InChI=1S/C14H26O7/c15-7-3-1-5-13(17)20-9-4-2-6-14(18)21-12-11-19-10-8-16/h15-16H,1-12H2. The fraction of sp³-hybridized carbons (Fsp3) is 0.857. The molecule has 0 spiro atoms. The fourth-order valence-electron chi connectivity index (χ4n) is 1.46. The molecule has 0 aromatic heterocycles. The molecule has 7 heteroatoms. The van der Waals surface area contributed by atoms with Crippen LogP contribution in [0, 0.1) is 0 Å². The lowest BCUT2D eigenvalue weighted by Crippen LogP contribution is -2.12. The number of aliphatic hydroxyl groups excluding tert-OH is 2. The fourth-order valence-corrected chi connectivity index (χ4v) is 1.46. The van der Waals surface area contributed by atoms with Crippen molar-refractivity contribution in [2.45, 2.75) is 38.5 Å². The summed E-state index contributed by atoms with van der Waals surface area (Å²) in [6.45, 7) is 1.02. The first-order valence-corrected chi connectivity index (χ1v) is 7.31. The molecule has 0 saturated heterocycles. The van der Waals surface area contributed by atoms with Crippen LogP contribution >= 0.6 is 0 Å². The summed E-state index contributed by atoms with van der Waals surface area (Å²) >= 11 is 0. The van der Waals surface area contributed by atoms with Gasteiger partial charge in [-0.05, 0) is 25.7 Å². The quantitative estimate of drug-likeness (QED) is 0.354. The molecule has 0 fully saturated rings. The van der Waals surface area contributed by atoms with E-state index in [1.807, 2.05) is 0 Å². The molecule has 0 aliphatic heterocycles. The van der Waals surface area contributed by atoms with E-state index in [4.69, 9.17) is 24.4 Å². The van der Waals surface area contributed by atoms with Crippen LogP contribution in [0.2, 0.25) is 0 Å². The first-order chi connectivity index (χ1) is 10.2. The van der Waals surface area contributed by atoms with E-state index in [1.54, 1.807) is 0 Å². The number of carbonyl (C=O) groups excluding carboxylic acids is 2. The highest BCUT2D eigenvalue weighted by Gasteiger charge is 2.04. The zero-order chi connectivity index (χ0) is 15.8. The molecule has 0 aliphatic carbocycles. The van der Waals surface area contributed by atoms with Gasteiger partial charge in [0.1, 0.15) is 6.61 Å². The molecule has 0 unspecified atom stereocenters. The Morgan fingerprint density at radius 1 is 0.667 bits per heavy atom. The van der Waals surface area contributed by atoms with Gasteiger partial charge in [-0.2, -0.15) is 0 Å². The number of carbonyl (C=O) groups is 2. The molecule has 7 nitrogen and oxygen atoms in total. The third kappa shape index (κ3) is 15.0. The number of hydrogen-bond donors (Lipinski definition) is 2. The van der Waals surface area contributed by atoms with Gasteiger partial charge < -0.3 is 24.4 Å². The molecule has 0 radical (unpaired) electrons. The van der Waals surface area contributed by atoms with Crippen LogP contribution in [0.3, 0.4) is 0 Å². The molecule has 124 valence electrons. The zero-order valence-electron chi connectivity index (χ0n) is 12.4. The largest absolute Gasteiger partial charge is 0.466 e. The Balaban J connectivity index is 3.29. The molecule has 21 heavy (non-hydrogen) atoms. The molecule has 0 aromatic rings. The molecule has 0 amide bonds. The predicted octanol–water partition coefficient (Wildman–Crippen LogP) is 0.415. The molecule has 0 rings (SSSR count). The summed E-state index contributed by atoms with van der Waals surface area (Å²) in [5, 5.41) is 17.0. The van der Waals surface area contributed by atoms with Gasteiger partial charge >= 0.3 is 11.9 Å². The van der Waals surface area contributed by atoms with E-state index >= 15 is 0 Å². The van der Waals surface area contributed by atoms with Crippen molar-refractivity contribution >= 4 is 11.9 Å². The average Bonchev–Trinajstić information content (AvgIpc) is 2.47. The van der Waals surface area contributed by atoms with Crippen LogP contribution in [-0.4, -0.2) is 61.8 Å². The van der Waals surface area contributed by atoms with Crippen molar-refractivity contribution in [2.75, 3.05) is 39.6 Å². The Kier molecular flexibility index (Phi) is 14.4. The molecule has 0 aromatic carbocycles. The lowest BCUT2D eigenvalue weighted by molar-refractivity contribution is -0.145. The second-order valence-electron chi connectivity index (χ2n) is 4.41. The SMILES string of the molecule is O=C(CCCCO)OCCCCC(=O)OCCOCCO. The molecular formula is C14H26O7. The Bertz CT molecular complexity index is 268. The van der Waals surface area contributed by atoms with E-state index in [9.17, 15) is 9.59 Å². The van der Waals surface area contributed by atoms with Gasteiger partial charge in [-0.15, -0.1) is 0 Å². The summed E-state index contributed by atoms with van der Waals surface area (Å²) in [5.74, 6) is -0.580. The zero-order valence-corrected chi connectivity index (χ0v) is 12.4. The van der Waals surface area contributed by atoms with Crippen molar-refractivity contribution in [3.05, 3.63) is 0 Å². The van der Waals surface area contributed by atoms with E-state index in [2.05, 4.69) is 0 Å². The van der Waals surface area contributed by atoms with E-state index in [1.165, 1.54) is 0 Å². The first kappa shape index (κ1) is 19.8. The number of hydrogen-bond acceptors (Lipinski definition) is 7. The second kappa shape index (κ2) is 15.2. The van der Waals surface area contributed by atoms with E-state index in [0.717, 1.165) is 0 Å². The van der Waals surface area contributed by atoms with Gasteiger partial charge in [-0.1, -0.05) is 0 Å². The van der Waals surface area contributed by atoms with Crippen LogP contribution in [0.15, 0.2) is 0 Å². The molecule has 2 N–H and O–H groups in total. The average molecular weight is 306 g/mol. The third-order valence-electron chi connectivity index (χ3n) is 2.55. The summed E-state index contributed by atoms with van der Waals surface area (Å²) in [5.41, 5.74) is 0. The van der Waals surface area contributed by atoms with Crippen LogP contribution < -0.4 is 0 Å². The lowest BCUT2D eigenvalue weighted by Gasteiger charge is -2.06. The van der Waals surface area contributed by atoms with Crippen molar-refractivity contribution in [2.24, 2.45) is 0 Å². The third-order valence-corrected chi connectivity index (χ3v) is 2.55. The highest BCUT2D eigenvalue weighted by molar-refractivity contribution is 5.69. The van der Waals surface area contributed by atoms with Crippen molar-refractivity contribution < 1.29 is 34.0 Å². The topological polar surface area (TPSA) is 102 Å². The maximum absolute atomic E-state index is 11.3. The van der Waals surface area contributed by atoms with Crippen LogP contribution in [0.25, 0.3) is 0 Å². The van der Waals surface area contributed by atoms with Crippen LogP contribution in [0.4, 0.5) is 0 Å². The summed E-state index contributed by atoms with van der Waals surface area (Å²) in [6, 6.07) is 0. The molecule has 0 aliphatic rings. The van der Waals surface area contributed by atoms with Gasteiger partial charge in [0.15, 0.2) is 0 Å². The highest BCUT2D eigenvalue weighted by Crippen LogP contribution is 2.01. The minimum atomic E-state index is -0.308. The molecule has 0 bridgehead atoms. The van der Waals surface area contributed by atoms with Gasteiger partial charge in [-0.3, -0.25) is 9.59 Å². The Morgan fingerprint density at radius 2 is 1.29 bits per heavy atom. The Morgan fingerprint density at radius 3 is 1.90 bits per heavy atom. The van der Waals surface area contributed by atoms with Crippen molar-refractivity contribution in [3.8, 4) is 0 Å². The lowest BCUT2D eigenvalue weighted by atomic mass is 10.2. The van der Waals surface area contributed by atoms with Gasteiger partial charge in [0.05, 0.1) is 26.4 Å². The van der Waals surface area contributed by atoms with E-state index in [0.29, 0.717) is 38.7 Å². The van der Waals surface area contributed by atoms with Gasteiger partial charge in [-0.25, -0.2) is 0 Å². The highest BCUT2D eigenvalue weighted by atomic mass is 16.6. The number of ether oxygens (including phenoxy) is 3. The summed E-state index contributed by atoms with van der Waals surface area (Å²) in [7, 11) is 0. The maximum atomic E-state index is 11.3. The Labute approximate surface area is 125 Å². The first-order valence-electron chi connectivity index (χ1n) is 7.31. The van der Waals surface area contributed by atoms with Crippen LogP contribution in [-0.2, 0) is 23.8 Å². The number of aliphatic hydroxyl groups is 2. The maximum Gasteiger partial charge on any atom is 0.305 e. The molecule has 0 atom stereocenters. The molecule has 0 heterocycles. The normalized spacial score (nSPS) is 10.4. The van der Waals surface area contributed by atoms with Crippen molar-refractivity contribution in [1.82, 2.24) is 0 Å². The number of unbranched alkanes of at least 4 members (excludes halogenated alkanes) is 2. The summed E-state index contributed by atoms with van der Waals surface area (Å²) in [4.78, 5) is 22.5. The summed E-state index contributed by atoms with van der Waals surface area (Å²) in [6.07, 6.45) is 3.03. The van der Waals surface area contributed by atoms with Gasteiger partial charge in [0, 0.05) is 19.4 Å². The molecule has 0 saturated carbocycles. The van der Waals surface area contributed by atoms with Crippen LogP contribution in [0.1, 0.15) is 38.5 Å². The van der Waals surface area contributed by atoms with E-state index in [-0.39, 0.29) is 51.4 Å². The smallest absolute Gasteiger partial charge is 0.305 e. The van der Waals surface area contributed by atoms with E-state index < -0.39 is 0 Å². The predicted molar refractivity (Wildman–Crippen MR) is 74.6 cm³/mol. The van der Waals surface area contributed by atoms with Gasteiger partial charge in [0.25, 0.3) is 0 Å². The second-order valence-corrected chi connectivity index (χ2v) is 4.41. The number of rotatable bonds is 14. The minimum Gasteiger partial charge on any atom is -0.466 e.